The van der Waals surface area contributed by atoms with Crippen molar-refractivity contribution in [3.8, 4) is 5.75 Å². The van der Waals surface area contributed by atoms with Gasteiger partial charge in [-0.05, 0) is 30.0 Å². The molecule has 0 heterocycles. The van der Waals surface area contributed by atoms with Crippen LogP contribution < -0.4 is 27.4 Å². The molecule has 12 nitrogen and oxygen atoms in total. The normalized spacial score (nSPS) is 13.5. The van der Waals surface area contributed by atoms with Gasteiger partial charge in [-0.15, -0.1) is 0 Å². The fourth-order valence-electron chi connectivity index (χ4n) is 2.81. The summed E-state index contributed by atoms with van der Waals surface area (Å²) in [5, 5.41) is 25.8. The van der Waals surface area contributed by atoms with E-state index in [2.05, 4.69) is 16.0 Å². The van der Waals surface area contributed by atoms with Crippen molar-refractivity contribution in [2.75, 3.05) is 6.54 Å². The quantitative estimate of drug-likeness (QED) is 0.179. The predicted octanol–water partition coefficient (Wildman–Crippen LogP) is -1.65. The summed E-state index contributed by atoms with van der Waals surface area (Å²) in [5.41, 5.74) is 11.4. The molecule has 9 N–H and O–H groups in total. The van der Waals surface area contributed by atoms with Crippen LogP contribution in [-0.2, 0) is 30.4 Å². The number of rotatable bonds is 13. The van der Waals surface area contributed by atoms with E-state index in [1.807, 2.05) is 0 Å². The maximum Gasteiger partial charge on any atom is 0.326 e. The first kappa shape index (κ1) is 27.4. The lowest BCUT2D eigenvalue weighted by atomic mass is 10.0. The first-order valence-electron chi connectivity index (χ1n) is 10.3. The van der Waals surface area contributed by atoms with E-state index in [0.717, 1.165) is 0 Å². The van der Waals surface area contributed by atoms with E-state index in [0.29, 0.717) is 5.56 Å². The van der Waals surface area contributed by atoms with Gasteiger partial charge in [0.2, 0.25) is 23.6 Å². The van der Waals surface area contributed by atoms with Crippen molar-refractivity contribution < 1.29 is 34.2 Å². The Bertz CT molecular complexity index is 857. The van der Waals surface area contributed by atoms with Gasteiger partial charge in [0.25, 0.3) is 0 Å². The van der Waals surface area contributed by atoms with Crippen molar-refractivity contribution in [3.05, 3.63) is 29.8 Å². The van der Waals surface area contributed by atoms with Crippen LogP contribution in [0.25, 0.3) is 0 Å². The minimum atomic E-state index is -1.20. The monoisotopic (exact) mass is 465 g/mol. The third kappa shape index (κ3) is 9.99. The van der Waals surface area contributed by atoms with Crippen LogP contribution in [0.1, 0.15) is 32.3 Å². The molecule has 0 saturated heterocycles. The second-order valence-corrected chi connectivity index (χ2v) is 7.89. The van der Waals surface area contributed by atoms with Crippen LogP contribution in [0.5, 0.6) is 5.75 Å². The van der Waals surface area contributed by atoms with Crippen LogP contribution in [0.15, 0.2) is 24.3 Å². The smallest absolute Gasteiger partial charge is 0.326 e. The Balaban J connectivity index is 2.84. The van der Waals surface area contributed by atoms with Gasteiger partial charge in [0.15, 0.2) is 0 Å². The minimum absolute atomic E-state index is 0.0110. The Hall–Kier alpha value is -3.67. The Kier molecular flexibility index (Phi) is 10.8. The number of amides is 4. The highest BCUT2D eigenvalue weighted by molar-refractivity contribution is 5.93. The second kappa shape index (κ2) is 13.0. The van der Waals surface area contributed by atoms with Crippen LogP contribution in [0.3, 0.4) is 0 Å². The molecule has 3 atom stereocenters. The summed E-state index contributed by atoms with van der Waals surface area (Å²) in [6, 6.07) is 2.60. The molecule has 1 aromatic carbocycles. The van der Waals surface area contributed by atoms with Gasteiger partial charge < -0.3 is 37.6 Å². The first-order chi connectivity index (χ1) is 15.4. The molecule has 1 aromatic rings. The highest BCUT2D eigenvalue weighted by atomic mass is 16.4. The minimum Gasteiger partial charge on any atom is -0.508 e. The number of carboxylic acid groups (broad SMARTS) is 1. The van der Waals surface area contributed by atoms with E-state index in [-0.39, 0.29) is 30.9 Å². The number of nitrogens with one attached hydrogen (secondary N) is 3. The molecular formula is C21H31N5O7. The van der Waals surface area contributed by atoms with Crippen LogP contribution in [0, 0.1) is 5.92 Å². The molecule has 12 heteroatoms. The maximum absolute atomic E-state index is 12.7. The molecule has 3 unspecified atom stereocenters. The third-order valence-electron chi connectivity index (χ3n) is 4.72. The zero-order chi connectivity index (χ0) is 25.1. The first-order valence-corrected chi connectivity index (χ1v) is 10.3. The Morgan fingerprint density at radius 2 is 1.61 bits per heavy atom. The fourth-order valence-corrected chi connectivity index (χ4v) is 2.81. The zero-order valence-corrected chi connectivity index (χ0v) is 18.5. The molecule has 0 radical (unpaired) electrons. The number of aliphatic carboxylic acids is 1. The number of phenolic OH excluding ortho intramolecular Hbond substituents is 1. The van der Waals surface area contributed by atoms with Crippen LogP contribution in [0.2, 0.25) is 0 Å². The predicted molar refractivity (Wildman–Crippen MR) is 118 cm³/mol. The van der Waals surface area contributed by atoms with E-state index < -0.39 is 54.3 Å². The van der Waals surface area contributed by atoms with Crippen molar-refractivity contribution >= 4 is 29.6 Å². The number of aromatic hydroxyl groups is 1. The van der Waals surface area contributed by atoms with Gasteiger partial charge in [-0.3, -0.25) is 19.2 Å². The standard InChI is InChI=1S/C21H31N5O7/c1-11(2)18(21(32)33)26-17(29)10-24-20(31)15(9-12-3-5-13(27)6-4-12)25-19(30)14(22)7-8-16(23)28/h3-6,11,14-15,18,27H,7-10,22H2,1-2H3,(H2,23,28)(H,24,31)(H,25,30)(H,26,29)(H,32,33). The van der Waals surface area contributed by atoms with Gasteiger partial charge >= 0.3 is 5.97 Å². The summed E-state index contributed by atoms with van der Waals surface area (Å²) in [7, 11) is 0. The van der Waals surface area contributed by atoms with Gasteiger partial charge in [0, 0.05) is 12.8 Å². The lowest BCUT2D eigenvalue weighted by Crippen LogP contribution is -2.54. The number of benzene rings is 1. The summed E-state index contributed by atoms with van der Waals surface area (Å²) < 4.78 is 0. The molecule has 4 amide bonds. The number of hydrogen-bond donors (Lipinski definition) is 7. The Morgan fingerprint density at radius 3 is 2.12 bits per heavy atom. The van der Waals surface area contributed by atoms with Crippen LogP contribution in [0.4, 0.5) is 0 Å². The molecule has 0 fully saturated rings. The van der Waals surface area contributed by atoms with E-state index in [1.54, 1.807) is 26.0 Å². The number of carboxylic acids is 1. The zero-order valence-electron chi connectivity index (χ0n) is 18.5. The van der Waals surface area contributed by atoms with Gasteiger partial charge in [-0.25, -0.2) is 4.79 Å². The Morgan fingerprint density at radius 1 is 1.00 bits per heavy atom. The maximum atomic E-state index is 12.7. The molecule has 0 saturated carbocycles. The summed E-state index contributed by atoms with van der Waals surface area (Å²) in [6.45, 7) is 2.75. The summed E-state index contributed by atoms with van der Waals surface area (Å²) in [6.07, 6.45) is -0.0984. The van der Waals surface area contributed by atoms with E-state index >= 15 is 0 Å². The number of hydrogen-bond acceptors (Lipinski definition) is 7. The number of phenols is 1. The van der Waals surface area contributed by atoms with Crippen molar-refractivity contribution in [3.63, 3.8) is 0 Å². The largest absolute Gasteiger partial charge is 0.508 e. The molecule has 33 heavy (non-hydrogen) atoms. The summed E-state index contributed by atoms with van der Waals surface area (Å²) >= 11 is 0. The number of nitrogens with two attached hydrogens (primary N) is 2. The average Bonchev–Trinajstić information content (AvgIpc) is 2.74. The molecule has 0 aliphatic heterocycles. The molecule has 0 aliphatic rings. The average molecular weight is 466 g/mol. The molecule has 0 aromatic heterocycles. The van der Waals surface area contributed by atoms with Gasteiger partial charge in [0.05, 0.1) is 12.6 Å². The molecule has 0 bridgehead atoms. The molecule has 1 rings (SSSR count). The third-order valence-corrected chi connectivity index (χ3v) is 4.72. The number of carbonyl (C=O) groups is 5. The van der Waals surface area contributed by atoms with E-state index in [4.69, 9.17) is 16.6 Å². The number of carbonyl (C=O) groups excluding carboxylic acids is 4. The van der Waals surface area contributed by atoms with Crippen molar-refractivity contribution in [1.29, 1.82) is 0 Å². The van der Waals surface area contributed by atoms with Crippen molar-refractivity contribution in [1.82, 2.24) is 16.0 Å². The molecule has 0 spiro atoms. The molecule has 182 valence electrons. The highest BCUT2D eigenvalue weighted by Crippen LogP contribution is 2.12. The fraction of sp³-hybridized carbons (Fsp3) is 0.476. The van der Waals surface area contributed by atoms with Gasteiger partial charge in [-0.2, -0.15) is 0 Å². The molecular weight excluding hydrogens is 434 g/mol. The van der Waals surface area contributed by atoms with E-state index in [9.17, 15) is 29.1 Å². The van der Waals surface area contributed by atoms with Crippen LogP contribution >= 0.6 is 0 Å². The summed E-state index contributed by atoms with van der Waals surface area (Å²) in [5.74, 6) is -4.28. The lowest BCUT2D eigenvalue weighted by molar-refractivity contribution is -0.143. The van der Waals surface area contributed by atoms with Gasteiger partial charge in [-0.1, -0.05) is 26.0 Å². The van der Waals surface area contributed by atoms with Crippen molar-refractivity contribution in [2.45, 2.75) is 51.2 Å². The molecule has 0 aliphatic carbocycles. The van der Waals surface area contributed by atoms with E-state index in [1.165, 1.54) is 12.1 Å². The highest BCUT2D eigenvalue weighted by Gasteiger charge is 2.26. The van der Waals surface area contributed by atoms with Gasteiger partial charge in [0.1, 0.15) is 17.8 Å². The van der Waals surface area contributed by atoms with Crippen LogP contribution in [-0.4, -0.2) is 64.5 Å². The number of primary amides is 1. The Labute approximate surface area is 191 Å². The lowest BCUT2D eigenvalue weighted by Gasteiger charge is -2.21. The topological polar surface area (TPSA) is 214 Å². The SMILES string of the molecule is CC(C)C(NC(=O)CNC(=O)C(Cc1ccc(O)cc1)NC(=O)C(N)CCC(N)=O)C(=O)O. The second-order valence-electron chi connectivity index (χ2n) is 7.89. The van der Waals surface area contributed by atoms with Crippen molar-refractivity contribution in [2.24, 2.45) is 17.4 Å². The summed E-state index contributed by atoms with van der Waals surface area (Å²) in [4.78, 5) is 59.3.